The van der Waals surface area contributed by atoms with Gasteiger partial charge in [0.05, 0.1) is 0 Å². The van der Waals surface area contributed by atoms with Gasteiger partial charge in [-0.05, 0) is 67.9 Å². The highest BCUT2D eigenvalue weighted by Gasteiger charge is 2.43. The van der Waals surface area contributed by atoms with Gasteiger partial charge in [0.25, 0.3) is 5.91 Å². The molecule has 2 aliphatic heterocycles. The van der Waals surface area contributed by atoms with Gasteiger partial charge < -0.3 is 4.90 Å². The molecule has 24 heavy (non-hydrogen) atoms. The lowest BCUT2D eigenvalue weighted by molar-refractivity contribution is 0.0571. The fraction of sp³-hybridized carbons (Fsp3) is 0.381. The zero-order chi connectivity index (χ0) is 16.7. The number of carbonyl (C=O) groups excluding carboxylic acids is 1. The van der Waals surface area contributed by atoms with Gasteiger partial charge in [-0.2, -0.15) is 0 Å². The predicted octanol–water partition coefficient (Wildman–Crippen LogP) is 4.68. The van der Waals surface area contributed by atoms with E-state index in [9.17, 15) is 9.18 Å². The van der Waals surface area contributed by atoms with Crippen LogP contribution in [0.5, 0.6) is 0 Å². The summed E-state index contributed by atoms with van der Waals surface area (Å²) in [5, 5.41) is 0. The number of amides is 1. The molecule has 0 N–H and O–H groups in total. The lowest BCUT2D eigenvalue weighted by Gasteiger charge is -2.39. The molecule has 2 fully saturated rings. The van der Waals surface area contributed by atoms with Crippen LogP contribution >= 0.6 is 0 Å². The van der Waals surface area contributed by atoms with Gasteiger partial charge >= 0.3 is 0 Å². The first-order valence-corrected chi connectivity index (χ1v) is 8.77. The smallest absolute Gasteiger partial charge is 0.254 e. The van der Waals surface area contributed by atoms with Gasteiger partial charge in [0, 0.05) is 17.6 Å². The molecule has 2 saturated heterocycles. The summed E-state index contributed by atoms with van der Waals surface area (Å²) in [6, 6.07) is 15.4. The number of piperidine rings is 1. The Morgan fingerprint density at radius 2 is 1.62 bits per heavy atom. The van der Waals surface area contributed by atoms with Crippen molar-refractivity contribution in [2.75, 3.05) is 0 Å². The molecule has 2 unspecified atom stereocenters. The minimum Gasteiger partial charge on any atom is -0.333 e. The molecule has 2 aromatic carbocycles. The van der Waals surface area contributed by atoms with Crippen LogP contribution < -0.4 is 0 Å². The number of benzene rings is 2. The molecule has 0 spiro atoms. The summed E-state index contributed by atoms with van der Waals surface area (Å²) >= 11 is 0. The van der Waals surface area contributed by atoms with E-state index in [1.54, 1.807) is 12.1 Å². The summed E-state index contributed by atoms with van der Waals surface area (Å²) in [6.07, 6.45) is 4.14. The molecule has 0 radical (unpaired) electrons. The van der Waals surface area contributed by atoms with Crippen molar-refractivity contribution in [2.45, 2.75) is 50.6 Å². The maximum atomic E-state index is 13.2. The molecular formula is C21H22FNO. The Kier molecular flexibility index (Phi) is 3.87. The molecule has 2 aromatic rings. The van der Waals surface area contributed by atoms with Crippen molar-refractivity contribution in [2.24, 2.45) is 0 Å². The van der Waals surface area contributed by atoms with Gasteiger partial charge in [-0.25, -0.2) is 4.39 Å². The van der Waals surface area contributed by atoms with Crippen molar-refractivity contribution in [1.82, 2.24) is 4.90 Å². The average molecular weight is 323 g/mol. The van der Waals surface area contributed by atoms with E-state index in [-0.39, 0.29) is 11.7 Å². The van der Waals surface area contributed by atoms with Crippen molar-refractivity contribution < 1.29 is 9.18 Å². The summed E-state index contributed by atoms with van der Waals surface area (Å²) in [4.78, 5) is 15.2. The van der Waals surface area contributed by atoms with E-state index in [0.717, 1.165) is 36.8 Å². The molecule has 2 aliphatic rings. The van der Waals surface area contributed by atoms with E-state index in [4.69, 9.17) is 0 Å². The standard InChI is InChI=1S/C21H22FNO/c1-14-4-2-3-5-20(14)21(24)23-18-10-11-19(23)13-16(12-18)15-6-8-17(22)9-7-15/h2-9,16,18-19H,10-13H2,1H3. The molecule has 4 rings (SSSR count). The van der Waals surface area contributed by atoms with Gasteiger partial charge in [0.1, 0.15) is 5.82 Å². The van der Waals surface area contributed by atoms with E-state index in [0.29, 0.717) is 18.0 Å². The monoisotopic (exact) mass is 323 g/mol. The van der Waals surface area contributed by atoms with Crippen LogP contribution in [0.2, 0.25) is 0 Å². The Morgan fingerprint density at radius 1 is 1.00 bits per heavy atom. The van der Waals surface area contributed by atoms with Crippen LogP contribution in [-0.4, -0.2) is 22.9 Å². The van der Waals surface area contributed by atoms with Crippen molar-refractivity contribution in [1.29, 1.82) is 0 Å². The molecular weight excluding hydrogens is 301 g/mol. The second-order valence-corrected chi connectivity index (χ2v) is 7.13. The van der Waals surface area contributed by atoms with Crippen LogP contribution in [-0.2, 0) is 0 Å². The van der Waals surface area contributed by atoms with Gasteiger partial charge in [0.15, 0.2) is 0 Å². The van der Waals surface area contributed by atoms with Crippen LogP contribution in [0, 0.1) is 12.7 Å². The van der Waals surface area contributed by atoms with Crippen molar-refractivity contribution >= 4 is 5.91 Å². The fourth-order valence-electron chi connectivity index (χ4n) is 4.47. The van der Waals surface area contributed by atoms with Crippen molar-refractivity contribution in [3.05, 3.63) is 71.0 Å². The van der Waals surface area contributed by atoms with E-state index < -0.39 is 0 Å². The van der Waals surface area contributed by atoms with E-state index >= 15 is 0 Å². The second kappa shape index (κ2) is 6.04. The molecule has 2 nitrogen and oxygen atoms in total. The quantitative estimate of drug-likeness (QED) is 0.785. The number of rotatable bonds is 2. The van der Waals surface area contributed by atoms with Gasteiger partial charge in [0.2, 0.25) is 0 Å². The SMILES string of the molecule is Cc1ccccc1C(=O)N1C2CCC1CC(c1ccc(F)cc1)C2. The number of hydrogen-bond donors (Lipinski definition) is 0. The Labute approximate surface area is 142 Å². The third kappa shape index (κ3) is 2.62. The number of fused-ring (bicyclic) bond motifs is 2. The minimum absolute atomic E-state index is 0.179. The first kappa shape index (κ1) is 15.4. The number of nitrogens with zero attached hydrogens (tertiary/aromatic N) is 1. The highest BCUT2D eigenvalue weighted by atomic mass is 19.1. The van der Waals surface area contributed by atoms with Crippen LogP contribution in [0.25, 0.3) is 0 Å². The van der Waals surface area contributed by atoms with Crippen molar-refractivity contribution in [3.8, 4) is 0 Å². The van der Waals surface area contributed by atoms with Crippen LogP contribution in [0.1, 0.15) is 53.1 Å². The van der Waals surface area contributed by atoms with E-state index in [1.165, 1.54) is 5.56 Å². The largest absolute Gasteiger partial charge is 0.333 e. The maximum Gasteiger partial charge on any atom is 0.254 e. The van der Waals surface area contributed by atoms with E-state index in [2.05, 4.69) is 4.90 Å². The van der Waals surface area contributed by atoms with Gasteiger partial charge in [-0.1, -0.05) is 30.3 Å². The highest BCUT2D eigenvalue weighted by Crippen LogP contribution is 2.43. The van der Waals surface area contributed by atoms with Gasteiger partial charge in [-0.15, -0.1) is 0 Å². The molecule has 3 heteroatoms. The lowest BCUT2D eigenvalue weighted by Crippen LogP contribution is -2.46. The predicted molar refractivity (Wildman–Crippen MR) is 92.5 cm³/mol. The van der Waals surface area contributed by atoms with Crippen LogP contribution in [0.15, 0.2) is 48.5 Å². The number of carbonyl (C=O) groups is 1. The number of hydrogen-bond acceptors (Lipinski definition) is 1. The Balaban J connectivity index is 1.56. The highest BCUT2D eigenvalue weighted by molar-refractivity contribution is 5.96. The topological polar surface area (TPSA) is 20.3 Å². The Morgan fingerprint density at radius 3 is 2.25 bits per heavy atom. The molecule has 2 heterocycles. The zero-order valence-corrected chi connectivity index (χ0v) is 13.9. The normalized spacial score (nSPS) is 25.8. The molecule has 0 aliphatic carbocycles. The molecule has 0 aromatic heterocycles. The number of halogens is 1. The van der Waals surface area contributed by atoms with E-state index in [1.807, 2.05) is 43.3 Å². The molecule has 2 atom stereocenters. The van der Waals surface area contributed by atoms with Gasteiger partial charge in [-0.3, -0.25) is 4.79 Å². The summed E-state index contributed by atoms with van der Waals surface area (Å²) in [5.41, 5.74) is 3.08. The average Bonchev–Trinajstić information content (AvgIpc) is 2.85. The third-order valence-electron chi connectivity index (χ3n) is 5.68. The second-order valence-electron chi connectivity index (χ2n) is 7.13. The minimum atomic E-state index is -0.186. The summed E-state index contributed by atoms with van der Waals surface area (Å²) in [7, 11) is 0. The fourth-order valence-corrected chi connectivity index (χ4v) is 4.47. The summed E-state index contributed by atoms with van der Waals surface area (Å²) in [5.74, 6) is 0.427. The van der Waals surface area contributed by atoms with Crippen molar-refractivity contribution in [3.63, 3.8) is 0 Å². The molecule has 2 bridgehead atoms. The molecule has 1 amide bonds. The zero-order valence-electron chi connectivity index (χ0n) is 13.9. The van der Waals surface area contributed by atoms with Crippen LogP contribution in [0.3, 0.4) is 0 Å². The summed E-state index contributed by atoms with van der Waals surface area (Å²) < 4.78 is 13.2. The Hall–Kier alpha value is -2.16. The van der Waals surface area contributed by atoms with Crippen LogP contribution in [0.4, 0.5) is 4.39 Å². The number of aryl methyl sites for hydroxylation is 1. The molecule has 124 valence electrons. The first-order valence-electron chi connectivity index (χ1n) is 8.77. The first-order chi connectivity index (χ1) is 11.6. The maximum absolute atomic E-state index is 13.2. The summed E-state index contributed by atoms with van der Waals surface area (Å²) in [6.45, 7) is 2.00. The lowest BCUT2D eigenvalue weighted by atomic mass is 9.84. The molecule has 0 saturated carbocycles. The third-order valence-corrected chi connectivity index (χ3v) is 5.68. The Bertz CT molecular complexity index is 741.